The second kappa shape index (κ2) is 8.19. The molecule has 0 N–H and O–H groups in total. The van der Waals surface area contributed by atoms with E-state index in [2.05, 4.69) is 0 Å². The van der Waals surface area contributed by atoms with Gasteiger partial charge >= 0.3 is 0 Å². The number of carbonyl (C=O) groups is 1. The summed E-state index contributed by atoms with van der Waals surface area (Å²) in [6, 6.07) is 18.8. The van der Waals surface area contributed by atoms with Gasteiger partial charge in [0.1, 0.15) is 12.4 Å². The van der Waals surface area contributed by atoms with Gasteiger partial charge in [-0.05, 0) is 29.6 Å². The van der Waals surface area contributed by atoms with Crippen LogP contribution in [0, 0.1) is 0 Å². The molecule has 3 nitrogen and oxygen atoms in total. The van der Waals surface area contributed by atoms with E-state index in [-0.39, 0.29) is 5.91 Å². The van der Waals surface area contributed by atoms with Crippen molar-refractivity contribution in [2.75, 3.05) is 7.05 Å². The molecule has 128 valence electrons. The van der Waals surface area contributed by atoms with Crippen LogP contribution < -0.4 is 4.74 Å². The molecule has 1 aromatic heterocycles. The summed E-state index contributed by atoms with van der Waals surface area (Å²) in [4.78, 5) is 15.6. The number of rotatable bonds is 6. The van der Waals surface area contributed by atoms with E-state index >= 15 is 0 Å². The molecular formula is C20H18ClNO2S. The number of benzene rings is 2. The van der Waals surface area contributed by atoms with Crippen LogP contribution in [-0.4, -0.2) is 17.9 Å². The first-order valence-electron chi connectivity index (χ1n) is 7.88. The van der Waals surface area contributed by atoms with Crippen molar-refractivity contribution >= 4 is 28.8 Å². The van der Waals surface area contributed by atoms with E-state index in [1.165, 1.54) is 0 Å². The number of amides is 1. The number of carbonyl (C=O) groups excluding carboxylic acids is 1. The van der Waals surface area contributed by atoms with Crippen molar-refractivity contribution < 1.29 is 9.53 Å². The first-order chi connectivity index (χ1) is 12.1. The number of nitrogens with zero attached hydrogens (tertiary/aromatic N) is 1. The van der Waals surface area contributed by atoms with Crippen LogP contribution in [0.3, 0.4) is 0 Å². The van der Waals surface area contributed by atoms with Crippen LogP contribution in [0.5, 0.6) is 5.75 Å². The lowest BCUT2D eigenvalue weighted by Gasteiger charge is -2.18. The molecule has 0 radical (unpaired) electrons. The Balaban J connectivity index is 1.74. The normalized spacial score (nSPS) is 10.5. The number of thiophene rings is 1. The maximum absolute atomic E-state index is 12.8. The number of hydrogen-bond acceptors (Lipinski definition) is 3. The molecule has 2 aromatic carbocycles. The Bertz CT molecular complexity index is 848. The second-order valence-electron chi connectivity index (χ2n) is 5.62. The average molecular weight is 372 g/mol. The summed E-state index contributed by atoms with van der Waals surface area (Å²) in [5, 5.41) is 2.66. The fourth-order valence-corrected chi connectivity index (χ4v) is 3.40. The highest BCUT2D eigenvalue weighted by Crippen LogP contribution is 2.24. The highest BCUT2D eigenvalue weighted by atomic mass is 35.5. The minimum atomic E-state index is -0.0665. The van der Waals surface area contributed by atoms with Gasteiger partial charge in [0.15, 0.2) is 0 Å². The zero-order valence-corrected chi connectivity index (χ0v) is 15.4. The SMILES string of the molecule is CN(Cc1cccs1)C(=O)c1ccccc1OCc1ccccc1Cl. The Morgan fingerprint density at radius 2 is 1.84 bits per heavy atom. The van der Waals surface area contributed by atoms with Gasteiger partial charge in [0.2, 0.25) is 0 Å². The highest BCUT2D eigenvalue weighted by molar-refractivity contribution is 7.09. The summed E-state index contributed by atoms with van der Waals surface area (Å²) in [7, 11) is 1.80. The van der Waals surface area contributed by atoms with Crippen molar-refractivity contribution in [1.82, 2.24) is 4.90 Å². The maximum atomic E-state index is 12.8. The first-order valence-corrected chi connectivity index (χ1v) is 9.14. The smallest absolute Gasteiger partial charge is 0.257 e. The van der Waals surface area contributed by atoms with Gasteiger partial charge in [0.05, 0.1) is 12.1 Å². The summed E-state index contributed by atoms with van der Waals surface area (Å²) < 4.78 is 5.88. The molecule has 1 heterocycles. The predicted octanol–water partition coefficient (Wildman–Crippen LogP) is 5.25. The van der Waals surface area contributed by atoms with Gasteiger partial charge in [-0.1, -0.05) is 48.0 Å². The Morgan fingerprint density at radius 1 is 1.08 bits per heavy atom. The van der Waals surface area contributed by atoms with E-state index in [0.29, 0.717) is 29.5 Å². The molecule has 0 saturated heterocycles. The summed E-state index contributed by atoms with van der Waals surface area (Å²) in [6.07, 6.45) is 0. The van der Waals surface area contributed by atoms with Gasteiger partial charge < -0.3 is 9.64 Å². The van der Waals surface area contributed by atoms with Crippen LogP contribution >= 0.6 is 22.9 Å². The van der Waals surface area contributed by atoms with Crippen molar-refractivity contribution in [2.24, 2.45) is 0 Å². The third-order valence-corrected chi connectivity index (χ3v) is 5.01. The van der Waals surface area contributed by atoms with E-state index in [1.807, 2.05) is 60.0 Å². The van der Waals surface area contributed by atoms with Crippen LogP contribution in [0.4, 0.5) is 0 Å². The minimum absolute atomic E-state index is 0.0665. The lowest BCUT2D eigenvalue weighted by Crippen LogP contribution is -2.26. The number of ether oxygens (including phenoxy) is 1. The van der Waals surface area contributed by atoms with Crippen molar-refractivity contribution in [3.63, 3.8) is 0 Å². The minimum Gasteiger partial charge on any atom is -0.488 e. The highest BCUT2D eigenvalue weighted by Gasteiger charge is 2.17. The zero-order chi connectivity index (χ0) is 17.6. The van der Waals surface area contributed by atoms with Crippen LogP contribution in [0.1, 0.15) is 20.8 Å². The molecule has 0 aliphatic carbocycles. The van der Waals surface area contributed by atoms with Crippen molar-refractivity contribution in [1.29, 1.82) is 0 Å². The lowest BCUT2D eigenvalue weighted by atomic mass is 10.1. The molecule has 5 heteroatoms. The molecule has 0 unspecified atom stereocenters. The monoisotopic (exact) mass is 371 g/mol. The van der Waals surface area contributed by atoms with Gasteiger partial charge in [0, 0.05) is 22.5 Å². The van der Waals surface area contributed by atoms with Crippen LogP contribution in [0.2, 0.25) is 5.02 Å². The summed E-state index contributed by atoms with van der Waals surface area (Å²) >= 11 is 7.81. The summed E-state index contributed by atoms with van der Waals surface area (Å²) in [6.45, 7) is 0.897. The Labute approximate surface area is 156 Å². The molecule has 0 spiro atoms. The summed E-state index contributed by atoms with van der Waals surface area (Å²) in [5.74, 6) is 0.494. The molecule has 3 rings (SSSR count). The molecule has 0 aliphatic heterocycles. The fraction of sp³-hybridized carbons (Fsp3) is 0.150. The molecule has 0 saturated carbocycles. The van der Waals surface area contributed by atoms with Gasteiger partial charge in [0.25, 0.3) is 5.91 Å². The quantitative estimate of drug-likeness (QED) is 0.592. The Kier molecular flexibility index (Phi) is 5.74. The summed E-state index contributed by atoms with van der Waals surface area (Å²) in [5.41, 5.74) is 1.44. The lowest BCUT2D eigenvalue weighted by molar-refractivity contribution is 0.0781. The van der Waals surface area contributed by atoms with E-state index in [4.69, 9.17) is 16.3 Å². The van der Waals surface area contributed by atoms with Crippen molar-refractivity contribution in [3.05, 3.63) is 87.1 Å². The fourth-order valence-electron chi connectivity index (χ4n) is 2.45. The largest absolute Gasteiger partial charge is 0.488 e. The number of halogens is 1. The van der Waals surface area contributed by atoms with Crippen molar-refractivity contribution in [3.8, 4) is 5.75 Å². The molecule has 3 aromatic rings. The van der Waals surface area contributed by atoms with Crippen LogP contribution in [-0.2, 0) is 13.2 Å². The predicted molar refractivity (Wildman–Crippen MR) is 102 cm³/mol. The second-order valence-corrected chi connectivity index (χ2v) is 7.06. The first kappa shape index (κ1) is 17.5. The standard InChI is InChI=1S/C20H18ClNO2S/c1-22(13-16-8-6-12-25-16)20(23)17-9-3-5-11-19(17)24-14-15-7-2-4-10-18(15)21/h2-12H,13-14H2,1H3. The molecule has 25 heavy (non-hydrogen) atoms. The molecule has 0 atom stereocenters. The topological polar surface area (TPSA) is 29.5 Å². The van der Waals surface area contributed by atoms with E-state index in [0.717, 1.165) is 10.4 Å². The van der Waals surface area contributed by atoms with Crippen molar-refractivity contribution in [2.45, 2.75) is 13.2 Å². The van der Waals surface area contributed by atoms with Crippen LogP contribution in [0.25, 0.3) is 0 Å². The third kappa shape index (κ3) is 4.41. The van der Waals surface area contributed by atoms with Gasteiger partial charge in [-0.15, -0.1) is 11.3 Å². The molecule has 0 aliphatic rings. The maximum Gasteiger partial charge on any atom is 0.257 e. The van der Waals surface area contributed by atoms with Gasteiger partial charge in [-0.25, -0.2) is 0 Å². The van der Waals surface area contributed by atoms with E-state index in [9.17, 15) is 4.79 Å². The molecule has 0 fully saturated rings. The van der Waals surface area contributed by atoms with Gasteiger partial charge in [-0.2, -0.15) is 0 Å². The molecule has 1 amide bonds. The number of para-hydroxylation sites is 1. The van der Waals surface area contributed by atoms with E-state index in [1.54, 1.807) is 29.4 Å². The van der Waals surface area contributed by atoms with Crippen LogP contribution in [0.15, 0.2) is 66.0 Å². The Morgan fingerprint density at radius 3 is 2.60 bits per heavy atom. The number of hydrogen-bond donors (Lipinski definition) is 0. The van der Waals surface area contributed by atoms with Gasteiger partial charge in [-0.3, -0.25) is 4.79 Å². The van der Waals surface area contributed by atoms with E-state index < -0.39 is 0 Å². The molecule has 0 bridgehead atoms. The zero-order valence-electron chi connectivity index (χ0n) is 13.8. The molecular weight excluding hydrogens is 354 g/mol. The average Bonchev–Trinajstić information content (AvgIpc) is 3.13. The Hall–Kier alpha value is -2.30. The third-order valence-electron chi connectivity index (χ3n) is 3.78.